The number of para-hydroxylation sites is 1. The standard InChI is InChI=1S/C24H25N3O2S/c1-25-24(29)19-14-12-18(13-15-19)16-27(2)17-23(28)26-21-10-6-7-11-22(21)30-20-8-4-3-5-9-20/h3-15H,16-17H2,1-2H3,(H,25,29)(H,26,28)/p+1. The number of hydrogen-bond acceptors (Lipinski definition) is 3. The Morgan fingerprint density at radius 1 is 0.900 bits per heavy atom. The summed E-state index contributed by atoms with van der Waals surface area (Å²) in [4.78, 5) is 27.4. The number of rotatable bonds is 8. The van der Waals surface area contributed by atoms with Crippen LogP contribution in [-0.2, 0) is 11.3 Å². The van der Waals surface area contributed by atoms with E-state index < -0.39 is 0 Å². The molecule has 3 N–H and O–H groups in total. The quantitative estimate of drug-likeness (QED) is 0.525. The van der Waals surface area contributed by atoms with Gasteiger partial charge in [0.2, 0.25) is 0 Å². The number of carbonyl (C=O) groups excluding carboxylic acids is 2. The van der Waals surface area contributed by atoms with Crippen molar-refractivity contribution in [2.24, 2.45) is 0 Å². The van der Waals surface area contributed by atoms with Crippen LogP contribution in [0.3, 0.4) is 0 Å². The van der Waals surface area contributed by atoms with Crippen LogP contribution in [0.25, 0.3) is 0 Å². The smallest absolute Gasteiger partial charge is 0.279 e. The highest BCUT2D eigenvalue weighted by Crippen LogP contribution is 2.33. The minimum atomic E-state index is -0.103. The van der Waals surface area contributed by atoms with Crippen LogP contribution in [0.2, 0.25) is 0 Å². The molecule has 1 unspecified atom stereocenters. The molecular formula is C24H26N3O2S+. The van der Waals surface area contributed by atoms with Gasteiger partial charge in [0.25, 0.3) is 11.8 Å². The maximum Gasteiger partial charge on any atom is 0.279 e. The Morgan fingerprint density at radius 3 is 2.27 bits per heavy atom. The van der Waals surface area contributed by atoms with E-state index in [-0.39, 0.29) is 11.8 Å². The Balaban J connectivity index is 1.57. The molecule has 0 bridgehead atoms. The van der Waals surface area contributed by atoms with Gasteiger partial charge in [-0.2, -0.15) is 0 Å². The third-order valence-corrected chi connectivity index (χ3v) is 5.63. The van der Waals surface area contributed by atoms with Crippen molar-refractivity contribution in [3.63, 3.8) is 0 Å². The van der Waals surface area contributed by atoms with Crippen molar-refractivity contribution in [3.8, 4) is 0 Å². The molecule has 2 amide bonds. The predicted molar refractivity (Wildman–Crippen MR) is 121 cm³/mol. The molecule has 0 aromatic heterocycles. The number of hydrogen-bond donors (Lipinski definition) is 3. The second-order valence-corrected chi connectivity index (χ2v) is 8.16. The van der Waals surface area contributed by atoms with Crippen LogP contribution in [0, 0.1) is 0 Å². The Labute approximate surface area is 181 Å². The summed E-state index contributed by atoms with van der Waals surface area (Å²) in [7, 11) is 3.60. The number of carbonyl (C=O) groups is 2. The van der Waals surface area contributed by atoms with Crippen LogP contribution in [0.15, 0.2) is 88.7 Å². The van der Waals surface area contributed by atoms with Crippen LogP contribution >= 0.6 is 11.8 Å². The molecule has 5 nitrogen and oxygen atoms in total. The van der Waals surface area contributed by atoms with Gasteiger partial charge in [-0.15, -0.1) is 0 Å². The van der Waals surface area contributed by atoms with Crippen molar-refractivity contribution < 1.29 is 14.5 Å². The molecule has 0 saturated heterocycles. The second-order valence-electron chi connectivity index (χ2n) is 7.05. The van der Waals surface area contributed by atoms with E-state index in [0.717, 1.165) is 25.9 Å². The van der Waals surface area contributed by atoms with Crippen LogP contribution in [0.5, 0.6) is 0 Å². The monoisotopic (exact) mass is 420 g/mol. The molecule has 0 aliphatic heterocycles. The van der Waals surface area contributed by atoms with E-state index >= 15 is 0 Å². The Bertz CT molecular complexity index is 991. The Morgan fingerprint density at radius 2 is 1.57 bits per heavy atom. The average molecular weight is 421 g/mol. The van der Waals surface area contributed by atoms with Crippen LogP contribution in [-0.4, -0.2) is 32.5 Å². The first-order valence-electron chi connectivity index (χ1n) is 9.79. The predicted octanol–water partition coefficient (Wildman–Crippen LogP) is 2.85. The van der Waals surface area contributed by atoms with E-state index in [2.05, 4.69) is 22.8 Å². The molecule has 0 radical (unpaired) electrons. The molecule has 1 atom stereocenters. The third kappa shape index (κ3) is 6.20. The molecule has 0 heterocycles. The van der Waals surface area contributed by atoms with Crippen molar-refractivity contribution in [1.82, 2.24) is 5.32 Å². The molecule has 6 heteroatoms. The molecule has 3 rings (SSSR count). The number of amides is 2. The van der Waals surface area contributed by atoms with E-state index in [0.29, 0.717) is 18.7 Å². The van der Waals surface area contributed by atoms with Gasteiger partial charge in [-0.05, 0) is 36.4 Å². The molecule has 3 aromatic carbocycles. The lowest BCUT2D eigenvalue weighted by molar-refractivity contribution is -0.885. The molecule has 0 aliphatic rings. The maximum atomic E-state index is 12.6. The Hall–Kier alpha value is -3.09. The molecule has 0 aliphatic carbocycles. The normalized spacial score (nSPS) is 11.5. The number of benzene rings is 3. The summed E-state index contributed by atoms with van der Waals surface area (Å²) in [6.45, 7) is 1.05. The number of quaternary nitrogens is 1. The first-order valence-corrected chi connectivity index (χ1v) is 10.6. The molecular weight excluding hydrogens is 394 g/mol. The minimum absolute atomic E-state index is 0.0319. The topological polar surface area (TPSA) is 62.6 Å². The third-order valence-electron chi connectivity index (χ3n) is 4.54. The van der Waals surface area contributed by atoms with Gasteiger partial charge in [-0.25, -0.2) is 0 Å². The van der Waals surface area contributed by atoms with Crippen molar-refractivity contribution in [1.29, 1.82) is 0 Å². The molecule has 0 fully saturated rings. The lowest BCUT2D eigenvalue weighted by atomic mass is 10.1. The first kappa shape index (κ1) is 21.6. The minimum Gasteiger partial charge on any atom is -0.355 e. The molecule has 154 valence electrons. The van der Waals surface area contributed by atoms with Gasteiger partial charge in [0.05, 0.1) is 12.7 Å². The fraction of sp³-hybridized carbons (Fsp3) is 0.167. The van der Waals surface area contributed by atoms with E-state index in [1.54, 1.807) is 30.9 Å². The molecule has 3 aromatic rings. The average Bonchev–Trinajstić information content (AvgIpc) is 2.75. The fourth-order valence-corrected chi connectivity index (χ4v) is 3.99. The van der Waals surface area contributed by atoms with Crippen molar-refractivity contribution >= 4 is 29.3 Å². The number of anilines is 1. The van der Waals surface area contributed by atoms with E-state index in [1.165, 1.54) is 0 Å². The zero-order valence-corrected chi connectivity index (χ0v) is 18.0. The van der Waals surface area contributed by atoms with E-state index in [1.807, 2.05) is 61.6 Å². The van der Waals surface area contributed by atoms with Crippen molar-refractivity contribution in [3.05, 3.63) is 90.0 Å². The molecule has 0 saturated carbocycles. The van der Waals surface area contributed by atoms with Crippen molar-refractivity contribution in [2.45, 2.75) is 16.3 Å². The SMILES string of the molecule is CNC(=O)c1ccc(C[NH+](C)CC(=O)Nc2ccccc2Sc2ccccc2)cc1. The lowest BCUT2D eigenvalue weighted by Gasteiger charge is -2.15. The van der Waals surface area contributed by atoms with Gasteiger partial charge in [-0.3, -0.25) is 9.59 Å². The summed E-state index contributed by atoms with van der Waals surface area (Å²) >= 11 is 1.63. The van der Waals surface area contributed by atoms with Gasteiger partial charge in [0.15, 0.2) is 6.54 Å². The van der Waals surface area contributed by atoms with Crippen LogP contribution in [0.1, 0.15) is 15.9 Å². The maximum absolute atomic E-state index is 12.6. The molecule has 30 heavy (non-hydrogen) atoms. The Kier molecular flexibility index (Phi) is 7.65. The largest absolute Gasteiger partial charge is 0.355 e. The van der Waals surface area contributed by atoms with Crippen molar-refractivity contribution in [2.75, 3.05) is 26.0 Å². The summed E-state index contributed by atoms with van der Waals surface area (Å²) in [6, 6.07) is 25.4. The van der Waals surface area contributed by atoms with E-state index in [9.17, 15) is 9.59 Å². The highest BCUT2D eigenvalue weighted by atomic mass is 32.2. The summed E-state index contributed by atoms with van der Waals surface area (Å²) in [5, 5.41) is 5.66. The second kappa shape index (κ2) is 10.6. The van der Waals surface area contributed by atoms with Crippen LogP contribution in [0.4, 0.5) is 5.69 Å². The van der Waals surface area contributed by atoms with Gasteiger partial charge in [0, 0.05) is 28.0 Å². The fourth-order valence-electron chi connectivity index (χ4n) is 3.07. The van der Waals surface area contributed by atoms with Gasteiger partial charge in [-0.1, -0.05) is 54.2 Å². The van der Waals surface area contributed by atoms with E-state index in [4.69, 9.17) is 0 Å². The van der Waals surface area contributed by atoms with Gasteiger partial charge in [0.1, 0.15) is 6.54 Å². The van der Waals surface area contributed by atoms with Crippen LogP contribution < -0.4 is 15.5 Å². The van der Waals surface area contributed by atoms with Gasteiger partial charge >= 0.3 is 0 Å². The number of likely N-dealkylation sites (N-methyl/N-ethyl adjacent to an activating group) is 1. The summed E-state index contributed by atoms with van der Waals surface area (Å²) in [6.07, 6.45) is 0. The summed E-state index contributed by atoms with van der Waals surface area (Å²) in [5.74, 6) is -0.135. The highest BCUT2D eigenvalue weighted by molar-refractivity contribution is 7.99. The zero-order valence-electron chi connectivity index (χ0n) is 17.1. The molecule has 0 spiro atoms. The summed E-state index contributed by atoms with van der Waals surface area (Å²) in [5.41, 5.74) is 2.52. The highest BCUT2D eigenvalue weighted by Gasteiger charge is 2.13. The lowest BCUT2D eigenvalue weighted by Crippen LogP contribution is -3.08. The first-order chi connectivity index (χ1) is 14.5. The van der Waals surface area contributed by atoms with Gasteiger partial charge < -0.3 is 15.5 Å². The zero-order chi connectivity index (χ0) is 21.3. The summed E-state index contributed by atoms with van der Waals surface area (Å²) < 4.78 is 0. The number of nitrogens with one attached hydrogen (secondary N) is 3.